The number of carbonyl (C=O) groups excluding carboxylic acids is 1. The van der Waals surface area contributed by atoms with E-state index >= 15 is 0 Å². The van der Waals surface area contributed by atoms with Crippen molar-refractivity contribution in [3.8, 4) is 0 Å². The lowest BCUT2D eigenvalue weighted by atomic mass is 9.80. The van der Waals surface area contributed by atoms with E-state index in [1.807, 2.05) is 0 Å². The van der Waals surface area contributed by atoms with Gasteiger partial charge in [0.25, 0.3) is 0 Å². The topological polar surface area (TPSA) is 54.0 Å². The second kappa shape index (κ2) is 10.2. The van der Waals surface area contributed by atoms with Crippen molar-refractivity contribution >= 4 is 22.0 Å². The van der Waals surface area contributed by atoms with Crippen molar-refractivity contribution in [1.82, 2.24) is 15.6 Å². The van der Waals surface area contributed by atoms with Crippen molar-refractivity contribution in [3.63, 3.8) is 0 Å². The van der Waals surface area contributed by atoms with E-state index in [1.54, 1.807) is 35.6 Å². The summed E-state index contributed by atoms with van der Waals surface area (Å²) >= 11 is 3.19. The molecule has 3 rings (SSSR count). The van der Waals surface area contributed by atoms with Gasteiger partial charge >= 0.3 is 18.4 Å². The zero-order valence-corrected chi connectivity index (χ0v) is 19.2. The number of urea groups is 1. The van der Waals surface area contributed by atoms with Crippen molar-refractivity contribution in [2.45, 2.75) is 24.3 Å². The molecule has 0 fully saturated rings. The molecule has 2 amide bonds. The number of hydrogen-bond acceptors (Lipinski definition) is 2. The molecule has 0 aliphatic heterocycles. The Bertz CT molecular complexity index is 1170. The molecule has 35 heavy (non-hydrogen) atoms. The van der Waals surface area contributed by atoms with E-state index in [4.69, 9.17) is 0 Å². The van der Waals surface area contributed by atoms with Crippen molar-refractivity contribution in [1.29, 1.82) is 0 Å². The smallest absolute Gasteiger partial charge is 0.329 e. The third-order valence-electron chi connectivity index (χ3n) is 4.97. The molecule has 1 unspecified atom stereocenters. The van der Waals surface area contributed by atoms with Crippen LogP contribution < -0.4 is 10.6 Å². The van der Waals surface area contributed by atoms with Crippen LogP contribution in [-0.2, 0) is 18.1 Å². The summed E-state index contributed by atoms with van der Waals surface area (Å²) in [6, 6.07) is 11.4. The van der Waals surface area contributed by atoms with Gasteiger partial charge in [0.05, 0.1) is 11.3 Å². The second-order valence-corrected chi connectivity index (χ2v) is 8.49. The van der Waals surface area contributed by atoms with Gasteiger partial charge in [-0.1, -0.05) is 30.3 Å². The number of alkyl halides is 6. The molecule has 0 saturated heterocycles. The SMILES string of the molecule is O=C(NCC(F)(F)F)NC(Cc1ccccc1)(c1cc(F)cc(C(F)(F)F)c1)c1ccc(Br)cn1. The molecule has 186 valence electrons. The minimum absolute atomic E-state index is 0.0227. The summed E-state index contributed by atoms with van der Waals surface area (Å²) in [5.41, 5.74) is -3.19. The number of aromatic nitrogens is 1. The predicted octanol–water partition coefficient (Wildman–Crippen LogP) is 6.35. The number of nitrogens with one attached hydrogen (secondary N) is 2. The van der Waals surface area contributed by atoms with Gasteiger partial charge in [0.15, 0.2) is 0 Å². The number of halogens is 8. The summed E-state index contributed by atoms with van der Waals surface area (Å²) in [6.07, 6.45) is -8.62. The number of benzene rings is 2. The van der Waals surface area contributed by atoms with Crippen LogP contribution in [0.25, 0.3) is 0 Å². The van der Waals surface area contributed by atoms with Crippen LogP contribution >= 0.6 is 15.9 Å². The number of rotatable bonds is 6. The Morgan fingerprint density at radius 3 is 2.14 bits per heavy atom. The van der Waals surface area contributed by atoms with Crippen molar-refractivity contribution in [3.05, 3.63) is 99.5 Å². The van der Waals surface area contributed by atoms with Gasteiger partial charge in [0, 0.05) is 17.1 Å². The molecule has 0 bridgehead atoms. The lowest BCUT2D eigenvalue weighted by Gasteiger charge is -2.36. The average Bonchev–Trinajstić information content (AvgIpc) is 2.77. The fraction of sp³-hybridized carbons (Fsp3) is 0.217. The van der Waals surface area contributed by atoms with Crippen LogP contribution in [0.5, 0.6) is 0 Å². The summed E-state index contributed by atoms with van der Waals surface area (Å²) in [7, 11) is 0. The van der Waals surface area contributed by atoms with Crippen molar-refractivity contribution in [2.75, 3.05) is 6.54 Å². The van der Waals surface area contributed by atoms with Crippen LogP contribution in [0.3, 0.4) is 0 Å². The monoisotopic (exact) mass is 563 g/mol. The fourth-order valence-corrected chi connectivity index (χ4v) is 3.70. The first-order valence-electron chi connectivity index (χ1n) is 9.95. The van der Waals surface area contributed by atoms with Crippen LogP contribution in [0.15, 0.2) is 71.3 Å². The molecular formula is C23H17BrF7N3O. The van der Waals surface area contributed by atoms with Gasteiger partial charge in [0.2, 0.25) is 0 Å². The molecule has 0 spiro atoms. The van der Waals surface area contributed by atoms with E-state index in [0.29, 0.717) is 16.1 Å². The minimum Gasteiger partial charge on any atom is -0.329 e. The van der Waals surface area contributed by atoms with Crippen molar-refractivity contribution < 1.29 is 35.5 Å². The van der Waals surface area contributed by atoms with E-state index in [0.717, 1.165) is 6.07 Å². The van der Waals surface area contributed by atoms with E-state index < -0.39 is 41.8 Å². The molecule has 4 nitrogen and oxygen atoms in total. The largest absolute Gasteiger partial charge is 0.416 e. The highest BCUT2D eigenvalue weighted by Gasteiger charge is 2.41. The molecule has 0 aliphatic rings. The number of nitrogens with zero attached hydrogens (tertiary/aromatic N) is 1. The van der Waals surface area contributed by atoms with Crippen LogP contribution in [0, 0.1) is 5.82 Å². The highest BCUT2D eigenvalue weighted by molar-refractivity contribution is 9.10. The van der Waals surface area contributed by atoms with Gasteiger partial charge in [-0.3, -0.25) is 4.98 Å². The zero-order chi connectivity index (χ0) is 25.9. The molecule has 1 aromatic heterocycles. The summed E-state index contributed by atoms with van der Waals surface area (Å²) in [5.74, 6) is -1.25. The molecule has 1 heterocycles. The Balaban J connectivity index is 2.24. The zero-order valence-electron chi connectivity index (χ0n) is 17.6. The third kappa shape index (κ3) is 6.93. The van der Waals surface area contributed by atoms with Gasteiger partial charge in [-0.15, -0.1) is 0 Å². The van der Waals surface area contributed by atoms with Crippen molar-refractivity contribution in [2.24, 2.45) is 0 Å². The predicted molar refractivity (Wildman–Crippen MR) is 117 cm³/mol. The molecule has 0 aliphatic carbocycles. The molecule has 0 radical (unpaired) electrons. The molecule has 0 saturated carbocycles. The average molecular weight is 564 g/mol. The molecular weight excluding hydrogens is 547 g/mol. The highest BCUT2D eigenvalue weighted by atomic mass is 79.9. The fourth-order valence-electron chi connectivity index (χ4n) is 3.47. The Morgan fingerprint density at radius 2 is 1.57 bits per heavy atom. The third-order valence-corrected chi connectivity index (χ3v) is 5.44. The van der Waals surface area contributed by atoms with Crippen LogP contribution in [0.1, 0.15) is 22.4 Å². The lowest BCUT2D eigenvalue weighted by molar-refractivity contribution is -0.137. The maximum absolute atomic E-state index is 14.4. The number of hydrogen-bond donors (Lipinski definition) is 2. The summed E-state index contributed by atoms with van der Waals surface area (Å²) in [5, 5.41) is 3.99. The molecule has 3 aromatic rings. The van der Waals surface area contributed by atoms with Crippen LogP contribution in [0.4, 0.5) is 35.5 Å². The summed E-state index contributed by atoms with van der Waals surface area (Å²) < 4.78 is 93.6. The van der Waals surface area contributed by atoms with Gasteiger partial charge in [0.1, 0.15) is 17.9 Å². The molecule has 12 heteroatoms. The maximum Gasteiger partial charge on any atom is 0.416 e. The van der Waals surface area contributed by atoms with Gasteiger partial charge in [-0.05, 0) is 57.4 Å². The normalized spacial score (nSPS) is 13.7. The van der Waals surface area contributed by atoms with E-state index in [2.05, 4.69) is 26.2 Å². The van der Waals surface area contributed by atoms with Gasteiger partial charge < -0.3 is 10.6 Å². The Hall–Kier alpha value is -3.15. The molecule has 2 N–H and O–H groups in total. The molecule has 2 aromatic carbocycles. The summed E-state index contributed by atoms with van der Waals surface area (Å²) in [6.45, 7) is -1.69. The van der Waals surface area contributed by atoms with E-state index in [1.165, 1.54) is 18.3 Å². The standard InChI is InChI=1S/C23H17BrF7N3O/c24-17-6-7-19(32-12-17)21(11-14-4-2-1-3-5-14,34-20(35)33-13-22(26,27)28)15-8-16(23(29,30)31)10-18(25)9-15/h1-10,12H,11,13H2,(H2,33,34,35). The molecule has 1 atom stereocenters. The van der Waals surface area contributed by atoms with E-state index in [9.17, 15) is 35.5 Å². The van der Waals surface area contributed by atoms with E-state index in [-0.39, 0.29) is 23.7 Å². The Kier molecular flexibility index (Phi) is 7.73. The highest BCUT2D eigenvalue weighted by Crippen LogP contribution is 2.38. The van der Waals surface area contributed by atoms with Gasteiger partial charge in [-0.25, -0.2) is 9.18 Å². The Morgan fingerprint density at radius 1 is 0.914 bits per heavy atom. The lowest BCUT2D eigenvalue weighted by Crippen LogP contribution is -2.53. The number of amides is 2. The maximum atomic E-state index is 14.4. The van der Waals surface area contributed by atoms with Crippen LogP contribution in [-0.4, -0.2) is 23.7 Å². The first kappa shape index (κ1) is 26.5. The van der Waals surface area contributed by atoms with Crippen LogP contribution in [0.2, 0.25) is 0 Å². The summed E-state index contributed by atoms with van der Waals surface area (Å²) in [4.78, 5) is 16.8. The minimum atomic E-state index is -4.93. The second-order valence-electron chi connectivity index (χ2n) is 7.58. The van der Waals surface area contributed by atoms with Gasteiger partial charge in [-0.2, -0.15) is 26.3 Å². The first-order valence-corrected chi connectivity index (χ1v) is 10.7. The first-order chi connectivity index (χ1) is 16.3. The quantitative estimate of drug-likeness (QED) is 0.343. The number of pyridine rings is 1. The Labute approximate surface area is 203 Å². The number of carbonyl (C=O) groups is 1.